The van der Waals surface area contributed by atoms with Crippen molar-refractivity contribution in [2.75, 3.05) is 0 Å². The van der Waals surface area contributed by atoms with Crippen molar-refractivity contribution in [3.8, 4) is 11.8 Å². The second-order valence-electron chi connectivity index (χ2n) is 9.36. The van der Waals surface area contributed by atoms with Gasteiger partial charge in [-0.15, -0.1) is 0 Å². The molecular weight excluding hydrogens is 424 g/mol. The molecule has 2 aromatic heterocycles. The number of carbonyl (C=O) groups excluding carboxylic acids is 1. The van der Waals surface area contributed by atoms with Gasteiger partial charge in [0, 0.05) is 47.8 Å². The largest absolute Gasteiger partial charge is 0.424 e. The summed E-state index contributed by atoms with van der Waals surface area (Å²) in [6.45, 7) is 0. The summed E-state index contributed by atoms with van der Waals surface area (Å²) in [6.07, 6.45) is 12.4. The molecule has 2 atom stereocenters. The van der Waals surface area contributed by atoms with E-state index in [0.717, 1.165) is 32.1 Å². The van der Waals surface area contributed by atoms with Gasteiger partial charge in [0.2, 0.25) is 0 Å². The van der Waals surface area contributed by atoms with Crippen molar-refractivity contribution in [2.24, 2.45) is 5.92 Å². The number of fused-ring (bicyclic) bond motifs is 3. The summed E-state index contributed by atoms with van der Waals surface area (Å²) in [5.74, 6) is 1.28. The quantitative estimate of drug-likeness (QED) is 0.405. The highest BCUT2D eigenvalue weighted by Gasteiger charge is 2.43. The van der Waals surface area contributed by atoms with Crippen LogP contribution in [0.15, 0.2) is 79.4 Å². The number of benzene rings is 2. The summed E-state index contributed by atoms with van der Waals surface area (Å²) < 4.78 is 5.74. The maximum Gasteiger partial charge on any atom is 0.321 e. The van der Waals surface area contributed by atoms with Crippen LogP contribution >= 0.6 is 0 Å². The molecule has 6 nitrogen and oxygen atoms in total. The van der Waals surface area contributed by atoms with E-state index < -0.39 is 0 Å². The fourth-order valence-corrected chi connectivity index (χ4v) is 5.67. The molecule has 34 heavy (non-hydrogen) atoms. The van der Waals surface area contributed by atoms with Gasteiger partial charge in [0.05, 0.1) is 0 Å². The van der Waals surface area contributed by atoms with E-state index in [1.54, 1.807) is 24.5 Å². The predicted octanol–water partition coefficient (Wildman–Crippen LogP) is 5.44. The van der Waals surface area contributed by atoms with Gasteiger partial charge in [0.25, 0.3) is 5.91 Å². The molecule has 4 aromatic rings. The van der Waals surface area contributed by atoms with Gasteiger partial charge in [-0.05, 0) is 79.3 Å². The van der Waals surface area contributed by atoms with Crippen LogP contribution < -0.4 is 4.74 Å². The molecular formula is C28H26N4O2. The minimum Gasteiger partial charge on any atom is -0.424 e. The van der Waals surface area contributed by atoms with Gasteiger partial charge in [0.1, 0.15) is 5.75 Å². The van der Waals surface area contributed by atoms with E-state index in [9.17, 15) is 4.79 Å². The molecule has 2 saturated heterocycles. The van der Waals surface area contributed by atoms with Crippen molar-refractivity contribution < 1.29 is 9.53 Å². The highest BCUT2D eigenvalue weighted by molar-refractivity contribution is 5.95. The number of piperidine rings is 1. The van der Waals surface area contributed by atoms with Crippen LogP contribution in [0, 0.1) is 5.92 Å². The average molecular weight is 451 g/mol. The van der Waals surface area contributed by atoms with Crippen LogP contribution in [0.3, 0.4) is 0 Å². The molecule has 2 aliphatic rings. The molecule has 2 aliphatic heterocycles. The number of nitrogens with zero attached hydrogens (tertiary/aromatic N) is 4. The Labute approximate surface area is 198 Å². The molecule has 2 bridgehead atoms. The van der Waals surface area contributed by atoms with Crippen molar-refractivity contribution in [1.29, 1.82) is 0 Å². The first-order chi connectivity index (χ1) is 16.7. The molecule has 4 heterocycles. The molecule has 6 heteroatoms. The number of hydrogen-bond donors (Lipinski definition) is 0. The van der Waals surface area contributed by atoms with Gasteiger partial charge in [-0.3, -0.25) is 9.78 Å². The zero-order valence-electron chi connectivity index (χ0n) is 18.9. The fraction of sp³-hybridized carbons (Fsp3) is 0.286. The van der Waals surface area contributed by atoms with E-state index in [2.05, 4.69) is 44.1 Å². The molecule has 0 aliphatic carbocycles. The lowest BCUT2D eigenvalue weighted by Gasteiger charge is -2.39. The van der Waals surface area contributed by atoms with Crippen molar-refractivity contribution in [3.05, 3.63) is 90.5 Å². The number of rotatable bonds is 5. The maximum atomic E-state index is 13.5. The lowest BCUT2D eigenvalue weighted by Crippen LogP contribution is -2.46. The lowest BCUT2D eigenvalue weighted by molar-refractivity contribution is 0.0524. The standard InChI is InChI=1S/C28H26N4O2/c33-27(22-3-1-4-26(17-22)34-28-30-10-2-11-31-28)32-24-7-8-25(32)16-20(15-24)13-19-5-6-23-18-29-12-9-21(23)14-19/h1-6,9-12,14,17-18,20,24-25H,7-8,13,15-16H2. The zero-order valence-corrected chi connectivity index (χ0v) is 18.9. The van der Waals surface area contributed by atoms with E-state index in [-0.39, 0.29) is 11.9 Å². The Morgan fingerprint density at radius 1 is 0.912 bits per heavy atom. The summed E-state index contributed by atoms with van der Waals surface area (Å²) in [4.78, 5) is 28.1. The summed E-state index contributed by atoms with van der Waals surface area (Å²) in [5.41, 5.74) is 2.03. The first-order valence-corrected chi connectivity index (χ1v) is 11.9. The van der Waals surface area contributed by atoms with Gasteiger partial charge in [0.15, 0.2) is 0 Å². The van der Waals surface area contributed by atoms with Gasteiger partial charge in [-0.1, -0.05) is 24.3 Å². The number of pyridine rings is 1. The fourth-order valence-electron chi connectivity index (χ4n) is 5.67. The monoisotopic (exact) mass is 450 g/mol. The van der Waals surface area contributed by atoms with Crippen LogP contribution in [0.2, 0.25) is 0 Å². The molecule has 2 unspecified atom stereocenters. The van der Waals surface area contributed by atoms with Crippen molar-refractivity contribution >= 4 is 16.7 Å². The van der Waals surface area contributed by atoms with E-state index in [1.165, 1.54) is 16.3 Å². The number of ether oxygens (including phenoxy) is 1. The minimum atomic E-state index is 0.101. The highest BCUT2D eigenvalue weighted by atomic mass is 16.5. The lowest BCUT2D eigenvalue weighted by atomic mass is 9.85. The van der Waals surface area contributed by atoms with Crippen LogP contribution in [0.25, 0.3) is 10.8 Å². The van der Waals surface area contributed by atoms with Gasteiger partial charge >= 0.3 is 6.01 Å². The van der Waals surface area contributed by atoms with E-state index >= 15 is 0 Å². The van der Waals surface area contributed by atoms with Gasteiger partial charge in [-0.25, -0.2) is 9.97 Å². The average Bonchev–Trinajstić information content (AvgIpc) is 3.14. The first-order valence-electron chi connectivity index (χ1n) is 11.9. The first kappa shape index (κ1) is 20.8. The Morgan fingerprint density at radius 2 is 1.74 bits per heavy atom. The van der Waals surface area contributed by atoms with Gasteiger partial charge < -0.3 is 9.64 Å². The smallest absolute Gasteiger partial charge is 0.321 e. The molecule has 2 fully saturated rings. The predicted molar refractivity (Wildman–Crippen MR) is 130 cm³/mol. The third kappa shape index (κ3) is 4.12. The van der Waals surface area contributed by atoms with Crippen LogP contribution in [-0.4, -0.2) is 37.8 Å². The van der Waals surface area contributed by atoms with E-state index in [4.69, 9.17) is 4.74 Å². The van der Waals surface area contributed by atoms with Crippen molar-refractivity contribution in [1.82, 2.24) is 19.9 Å². The Hall–Kier alpha value is -3.80. The minimum absolute atomic E-state index is 0.101. The third-order valence-electron chi connectivity index (χ3n) is 7.13. The molecule has 170 valence electrons. The van der Waals surface area contributed by atoms with Crippen molar-refractivity contribution in [3.63, 3.8) is 0 Å². The molecule has 0 N–H and O–H groups in total. The second-order valence-corrected chi connectivity index (χ2v) is 9.36. The van der Waals surface area contributed by atoms with E-state index in [0.29, 0.717) is 29.3 Å². The summed E-state index contributed by atoms with van der Waals surface area (Å²) in [6, 6.07) is 18.7. The Morgan fingerprint density at radius 3 is 2.56 bits per heavy atom. The molecule has 0 saturated carbocycles. The molecule has 6 rings (SSSR count). The molecule has 0 radical (unpaired) electrons. The summed E-state index contributed by atoms with van der Waals surface area (Å²) in [5, 5.41) is 2.42. The number of amides is 1. The molecule has 1 amide bonds. The molecule has 2 aromatic carbocycles. The number of hydrogen-bond acceptors (Lipinski definition) is 5. The maximum absolute atomic E-state index is 13.5. The van der Waals surface area contributed by atoms with Crippen LogP contribution in [0.1, 0.15) is 41.6 Å². The number of aromatic nitrogens is 3. The topological polar surface area (TPSA) is 68.2 Å². The summed E-state index contributed by atoms with van der Waals surface area (Å²) in [7, 11) is 0. The SMILES string of the molecule is O=C(c1cccc(Oc2ncccn2)c1)N1C2CCC1CC(Cc1ccc3cnccc3c1)C2. The zero-order chi connectivity index (χ0) is 22.9. The highest BCUT2D eigenvalue weighted by Crippen LogP contribution is 2.41. The Kier molecular flexibility index (Phi) is 5.41. The van der Waals surface area contributed by atoms with Gasteiger partial charge in [-0.2, -0.15) is 0 Å². The van der Waals surface area contributed by atoms with Crippen LogP contribution in [0.4, 0.5) is 0 Å². The molecule has 0 spiro atoms. The normalized spacial score (nSPS) is 21.5. The number of carbonyl (C=O) groups is 1. The van der Waals surface area contributed by atoms with E-state index in [1.807, 2.05) is 30.6 Å². The summed E-state index contributed by atoms with van der Waals surface area (Å²) >= 11 is 0. The van der Waals surface area contributed by atoms with Crippen LogP contribution in [0.5, 0.6) is 11.8 Å². The van der Waals surface area contributed by atoms with Crippen LogP contribution in [-0.2, 0) is 6.42 Å². The Bertz CT molecular complexity index is 1310. The third-order valence-corrected chi connectivity index (χ3v) is 7.13. The Balaban J connectivity index is 1.15. The van der Waals surface area contributed by atoms with Crippen molar-refractivity contribution in [2.45, 2.75) is 44.2 Å². The second kappa shape index (κ2) is 8.86.